The molecule has 2 heterocycles. The van der Waals surface area contributed by atoms with E-state index in [1.54, 1.807) is 13.3 Å². The lowest BCUT2D eigenvalue weighted by Crippen LogP contribution is -2.49. The highest BCUT2D eigenvalue weighted by Gasteiger charge is 2.36. The Hall–Kier alpha value is -2.08. The minimum Gasteiger partial charge on any atom is -0.475 e. The minimum absolute atomic E-state index is 0.00493. The number of piperidine rings is 1. The predicted octanol–water partition coefficient (Wildman–Crippen LogP) is 3.14. The van der Waals surface area contributed by atoms with Gasteiger partial charge in [-0.3, -0.25) is 0 Å². The summed E-state index contributed by atoms with van der Waals surface area (Å²) in [5, 5.41) is 3.04. The van der Waals surface area contributed by atoms with Gasteiger partial charge < -0.3 is 19.7 Å². The van der Waals surface area contributed by atoms with Gasteiger partial charge >= 0.3 is 6.03 Å². The van der Waals surface area contributed by atoms with Crippen molar-refractivity contribution < 1.29 is 14.3 Å². The number of hydrogen-bond donors (Lipinski definition) is 1. The third kappa shape index (κ3) is 4.75. The van der Waals surface area contributed by atoms with Gasteiger partial charge in [-0.05, 0) is 43.6 Å². The first-order valence-corrected chi connectivity index (χ1v) is 9.46. The number of pyridine rings is 1. The molecule has 142 valence electrons. The number of carbonyl (C=O) groups excluding carboxylic acids is 1. The minimum atomic E-state index is 0.00493. The summed E-state index contributed by atoms with van der Waals surface area (Å²) in [6.07, 6.45) is 12.0. The van der Waals surface area contributed by atoms with Gasteiger partial charge in [-0.2, -0.15) is 0 Å². The molecule has 1 fully saturated rings. The molecule has 26 heavy (non-hydrogen) atoms. The first-order chi connectivity index (χ1) is 12.7. The average molecular weight is 359 g/mol. The van der Waals surface area contributed by atoms with Crippen molar-refractivity contribution in [1.82, 2.24) is 15.2 Å². The maximum Gasteiger partial charge on any atom is 0.317 e. The normalized spacial score (nSPS) is 22.4. The number of hydrogen-bond acceptors (Lipinski definition) is 4. The average Bonchev–Trinajstić information content (AvgIpc) is 2.68. The van der Waals surface area contributed by atoms with E-state index in [0.717, 1.165) is 37.9 Å². The molecule has 6 nitrogen and oxygen atoms in total. The fourth-order valence-corrected chi connectivity index (χ4v) is 3.89. The van der Waals surface area contributed by atoms with Crippen LogP contribution in [0.15, 0.2) is 30.5 Å². The number of nitrogens with zero attached hydrogens (tertiary/aromatic N) is 2. The zero-order chi connectivity index (χ0) is 18.2. The Morgan fingerprint density at radius 1 is 1.35 bits per heavy atom. The molecule has 1 aliphatic carbocycles. The third-order valence-electron chi connectivity index (χ3n) is 5.31. The van der Waals surface area contributed by atoms with Crippen molar-refractivity contribution in [2.75, 3.05) is 33.4 Å². The van der Waals surface area contributed by atoms with Gasteiger partial charge in [-0.1, -0.05) is 18.2 Å². The van der Waals surface area contributed by atoms with Crippen LogP contribution in [0.2, 0.25) is 0 Å². The van der Waals surface area contributed by atoms with Crippen LogP contribution >= 0.6 is 0 Å². The molecule has 0 aromatic carbocycles. The van der Waals surface area contributed by atoms with Crippen molar-refractivity contribution in [3.8, 4) is 5.88 Å². The highest BCUT2D eigenvalue weighted by molar-refractivity contribution is 5.74. The van der Waals surface area contributed by atoms with Gasteiger partial charge in [0.05, 0.1) is 6.61 Å². The summed E-state index contributed by atoms with van der Waals surface area (Å²) in [4.78, 5) is 18.9. The van der Waals surface area contributed by atoms with Crippen LogP contribution in [-0.2, 0) is 11.3 Å². The smallest absolute Gasteiger partial charge is 0.317 e. The molecule has 0 saturated carbocycles. The molecule has 0 bridgehead atoms. The number of aromatic nitrogens is 1. The quantitative estimate of drug-likeness (QED) is 0.626. The second kappa shape index (κ2) is 9.03. The van der Waals surface area contributed by atoms with Gasteiger partial charge in [-0.25, -0.2) is 9.78 Å². The molecule has 6 heteroatoms. The molecule has 3 rings (SSSR count). The first kappa shape index (κ1) is 18.7. The predicted molar refractivity (Wildman–Crippen MR) is 100 cm³/mol. The molecule has 1 spiro atoms. The Morgan fingerprint density at radius 3 is 3.08 bits per heavy atom. The number of urea groups is 1. The molecule has 1 aliphatic heterocycles. The van der Waals surface area contributed by atoms with E-state index in [4.69, 9.17) is 9.47 Å². The van der Waals surface area contributed by atoms with Crippen LogP contribution in [0.4, 0.5) is 4.79 Å². The van der Waals surface area contributed by atoms with Crippen molar-refractivity contribution >= 4 is 6.03 Å². The summed E-state index contributed by atoms with van der Waals surface area (Å²) in [7, 11) is 1.64. The summed E-state index contributed by atoms with van der Waals surface area (Å²) >= 11 is 0. The molecule has 1 N–H and O–H groups in total. The van der Waals surface area contributed by atoms with Gasteiger partial charge in [0.2, 0.25) is 5.88 Å². The zero-order valence-corrected chi connectivity index (χ0v) is 15.6. The summed E-state index contributed by atoms with van der Waals surface area (Å²) in [5.74, 6) is 0.553. The Morgan fingerprint density at radius 2 is 2.27 bits per heavy atom. The SMILES string of the molecule is COCCOc1ncccc1CNC(=O)N1CCCC2(CC=CCC2)C1. The van der Waals surface area contributed by atoms with Crippen LogP contribution in [0.1, 0.15) is 37.7 Å². The van der Waals surface area contributed by atoms with Gasteiger partial charge in [0.1, 0.15) is 6.61 Å². The Bertz CT molecular complexity index is 634. The first-order valence-electron chi connectivity index (χ1n) is 9.46. The van der Waals surface area contributed by atoms with Crippen molar-refractivity contribution in [3.05, 3.63) is 36.0 Å². The lowest BCUT2D eigenvalue weighted by molar-refractivity contribution is 0.0958. The van der Waals surface area contributed by atoms with Gasteiger partial charge in [-0.15, -0.1) is 0 Å². The van der Waals surface area contributed by atoms with E-state index >= 15 is 0 Å². The number of amides is 2. The monoisotopic (exact) mass is 359 g/mol. The van der Waals surface area contributed by atoms with E-state index in [2.05, 4.69) is 22.5 Å². The van der Waals surface area contributed by atoms with E-state index in [1.807, 2.05) is 17.0 Å². The van der Waals surface area contributed by atoms with Crippen LogP contribution in [0.25, 0.3) is 0 Å². The van der Waals surface area contributed by atoms with E-state index in [1.165, 1.54) is 12.8 Å². The second-order valence-corrected chi connectivity index (χ2v) is 7.21. The molecule has 0 radical (unpaired) electrons. The molecule has 1 unspecified atom stereocenters. The number of rotatable bonds is 6. The molecule has 1 saturated heterocycles. The van der Waals surface area contributed by atoms with Crippen molar-refractivity contribution in [2.24, 2.45) is 5.41 Å². The molecule has 1 atom stereocenters. The Labute approximate surface area is 155 Å². The van der Waals surface area contributed by atoms with E-state index in [-0.39, 0.29) is 11.4 Å². The fraction of sp³-hybridized carbons (Fsp3) is 0.600. The Kier molecular flexibility index (Phi) is 6.50. The topological polar surface area (TPSA) is 63.7 Å². The number of likely N-dealkylation sites (tertiary alicyclic amines) is 1. The molecule has 1 aromatic rings. The lowest BCUT2D eigenvalue weighted by atomic mass is 9.71. The highest BCUT2D eigenvalue weighted by atomic mass is 16.5. The standard InChI is InChI=1S/C20H29N3O3/c1-25-13-14-26-18-17(7-5-11-21-18)15-22-19(24)23-12-6-10-20(16-23)8-3-2-4-9-20/h2-3,5,7,11H,4,6,8-10,12-16H2,1H3,(H,22,24). The largest absolute Gasteiger partial charge is 0.475 e. The van der Waals surface area contributed by atoms with Crippen LogP contribution in [0, 0.1) is 5.41 Å². The molecule has 1 aromatic heterocycles. The van der Waals surface area contributed by atoms with Crippen LogP contribution < -0.4 is 10.1 Å². The summed E-state index contributed by atoms with van der Waals surface area (Å²) in [6.45, 7) is 3.05. The number of ether oxygens (including phenoxy) is 2. The van der Waals surface area contributed by atoms with Crippen LogP contribution in [-0.4, -0.2) is 49.3 Å². The van der Waals surface area contributed by atoms with Crippen molar-refractivity contribution in [3.63, 3.8) is 0 Å². The summed E-state index contributed by atoms with van der Waals surface area (Å²) in [6, 6.07) is 3.79. The Balaban J connectivity index is 1.54. The van der Waals surface area contributed by atoms with Gasteiger partial charge in [0.15, 0.2) is 0 Å². The second-order valence-electron chi connectivity index (χ2n) is 7.21. The number of carbonyl (C=O) groups is 1. The van der Waals surface area contributed by atoms with E-state index in [0.29, 0.717) is 25.6 Å². The number of methoxy groups -OCH3 is 1. The highest BCUT2D eigenvalue weighted by Crippen LogP contribution is 2.40. The van der Waals surface area contributed by atoms with Gasteiger partial charge in [0.25, 0.3) is 0 Å². The lowest BCUT2D eigenvalue weighted by Gasteiger charge is -2.43. The van der Waals surface area contributed by atoms with Crippen LogP contribution in [0.5, 0.6) is 5.88 Å². The maximum atomic E-state index is 12.7. The summed E-state index contributed by atoms with van der Waals surface area (Å²) < 4.78 is 10.6. The van der Waals surface area contributed by atoms with Gasteiger partial charge in [0, 0.05) is 38.5 Å². The molecular weight excluding hydrogens is 330 g/mol. The van der Waals surface area contributed by atoms with E-state index in [9.17, 15) is 4.79 Å². The third-order valence-corrected chi connectivity index (χ3v) is 5.31. The van der Waals surface area contributed by atoms with Crippen molar-refractivity contribution in [2.45, 2.75) is 38.6 Å². The molecular formula is C20H29N3O3. The van der Waals surface area contributed by atoms with E-state index < -0.39 is 0 Å². The summed E-state index contributed by atoms with van der Waals surface area (Å²) in [5.41, 5.74) is 1.16. The fourth-order valence-electron chi connectivity index (χ4n) is 3.89. The molecule has 2 amide bonds. The zero-order valence-electron chi connectivity index (χ0n) is 15.6. The molecule has 2 aliphatic rings. The number of nitrogens with one attached hydrogen (secondary N) is 1. The number of allylic oxidation sites excluding steroid dienone is 2. The van der Waals surface area contributed by atoms with Crippen LogP contribution in [0.3, 0.4) is 0 Å². The van der Waals surface area contributed by atoms with Crippen molar-refractivity contribution in [1.29, 1.82) is 0 Å². The maximum absolute atomic E-state index is 12.7.